The quantitative estimate of drug-likeness (QED) is 0.473. The first-order valence-electron chi connectivity index (χ1n) is 10.6. The summed E-state index contributed by atoms with van der Waals surface area (Å²) in [4.78, 5) is 10.9. The minimum absolute atomic E-state index is 0.0214. The highest BCUT2D eigenvalue weighted by molar-refractivity contribution is 5.89. The molecule has 0 aliphatic heterocycles. The Kier molecular flexibility index (Phi) is 6.89. The van der Waals surface area contributed by atoms with E-state index in [1.165, 1.54) is 30.3 Å². The molecule has 0 spiro atoms. The summed E-state index contributed by atoms with van der Waals surface area (Å²) >= 11 is 0. The molecule has 1 fully saturated rings. The summed E-state index contributed by atoms with van der Waals surface area (Å²) in [7, 11) is 0. The maximum Gasteiger partial charge on any atom is 0.420 e. The van der Waals surface area contributed by atoms with Crippen LogP contribution in [-0.4, -0.2) is 23.4 Å². The van der Waals surface area contributed by atoms with Gasteiger partial charge in [0.25, 0.3) is 0 Å². The van der Waals surface area contributed by atoms with Crippen molar-refractivity contribution in [3.8, 4) is 5.75 Å². The van der Waals surface area contributed by atoms with Gasteiger partial charge in [-0.15, -0.1) is 0 Å². The minimum atomic E-state index is -4.76. The van der Waals surface area contributed by atoms with E-state index >= 15 is 0 Å². The zero-order valence-corrected chi connectivity index (χ0v) is 17.9. The molecule has 1 aliphatic rings. The van der Waals surface area contributed by atoms with E-state index in [0.29, 0.717) is 5.56 Å². The van der Waals surface area contributed by atoms with Crippen LogP contribution in [0.4, 0.5) is 26.3 Å². The van der Waals surface area contributed by atoms with Crippen molar-refractivity contribution in [2.75, 3.05) is 0 Å². The summed E-state index contributed by atoms with van der Waals surface area (Å²) in [5, 5.41) is 9.02. The number of nitrogens with two attached hydrogens (primary N) is 1. The predicted molar refractivity (Wildman–Crippen MR) is 110 cm³/mol. The molecule has 0 radical (unpaired) electrons. The van der Waals surface area contributed by atoms with Crippen molar-refractivity contribution in [3.63, 3.8) is 0 Å². The fourth-order valence-electron chi connectivity index (χ4n) is 4.25. The number of halogens is 6. The summed E-state index contributed by atoms with van der Waals surface area (Å²) in [6.45, 7) is 1.61. The number of benzene rings is 2. The monoisotopic (exact) mass is 477 g/mol. The molecule has 33 heavy (non-hydrogen) atoms. The molecule has 182 valence electrons. The molecular formula is C23H25F6NO3. The topological polar surface area (TPSA) is 72.6 Å². The summed E-state index contributed by atoms with van der Waals surface area (Å²) in [5.74, 6) is -2.90. The Hall–Kier alpha value is -2.49. The lowest BCUT2D eigenvalue weighted by atomic mass is 9.86. The van der Waals surface area contributed by atoms with E-state index in [2.05, 4.69) is 0 Å². The highest BCUT2D eigenvalue weighted by Crippen LogP contribution is 2.44. The number of hydrogen-bond acceptors (Lipinski definition) is 3. The number of carbonyl (C=O) groups is 1. The third kappa shape index (κ3) is 5.90. The van der Waals surface area contributed by atoms with Crippen LogP contribution in [-0.2, 0) is 16.5 Å². The third-order valence-electron chi connectivity index (χ3n) is 6.21. The van der Waals surface area contributed by atoms with Gasteiger partial charge in [0.1, 0.15) is 11.3 Å². The zero-order valence-electron chi connectivity index (χ0n) is 17.9. The molecule has 0 saturated heterocycles. The second-order valence-electron chi connectivity index (χ2n) is 8.82. The molecule has 10 heteroatoms. The molecule has 2 aromatic rings. The van der Waals surface area contributed by atoms with Gasteiger partial charge in [-0.2, -0.15) is 26.3 Å². The molecule has 2 aromatic carbocycles. The molecule has 1 saturated carbocycles. The average Bonchev–Trinajstić information content (AvgIpc) is 2.70. The zero-order chi connectivity index (χ0) is 24.6. The molecular weight excluding hydrogens is 452 g/mol. The largest absolute Gasteiger partial charge is 0.490 e. The van der Waals surface area contributed by atoms with Crippen molar-refractivity contribution in [3.05, 3.63) is 41.5 Å². The van der Waals surface area contributed by atoms with E-state index in [0.717, 1.165) is 0 Å². The highest BCUT2D eigenvalue weighted by Gasteiger charge is 2.43. The van der Waals surface area contributed by atoms with Crippen molar-refractivity contribution < 1.29 is 41.0 Å². The Bertz CT molecular complexity index is 1010. The summed E-state index contributed by atoms with van der Waals surface area (Å²) in [6.07, 6.45) is -10.2. The van der Waals surface area contributed by atoms with E-state index < -0.39 is 47.2 Å². The van der Waals surface area contributed by atoms with Crippen LogP contribution in [0, 0.1) is 5.92 Å². The average molecular weight is 477 g/mol. The van der Waals surface area contributed by atoms with Crippen LogP contribution < -0.4 is 10.5 Å². The van der Waals surface area contributed by atoms with Crippen LogP contribution in [0.3, 0.4) is 0 Å². The van der Waals surface area contributed by atoms with Gasteiger partial charge in [0.2, 0.25) is 0 Å². The second kappa shape index (κ2) is 9.04. The molecule has 1 aliphatic carbocycles. The van der Waals surface area contributed by atoms with Gasteiger partial charge in [0, 0.05) is 12.0 Å². The van der Waals surface area contributed by atoms with E-state index in [4.69, 9.17) is 15.6 Å². The molecule has 1 unspecified atom stereocenters. The van der Waals surface area contributed by atoms with Crippen molar-refractivity contribution >= 4 is 16.7 Å². The Morgan fingerprint density at radius 3 is 2.24 bits per heavy atom. The van der Waals surface area contributed by atoms with E-state index in [1.807, 2.05) is 0 Å². The highest BCUT2D eigenvalue weighted by atomic mass is 19.4. The van der Waals surface area contributed by atoms with Crippen LogP contribution in [0.1, 0.15) is 56.6 Å². The fraction of sp³-hybridized carbons (Fsp3) is 0.522. The molecule has 0 aromatic heterocycles. The van der Waals surface area contributed by atoms with Gasteiger partial charge in [0.05, 0.1) is 12.0 Å². The van der Waals surface area contributed by atoms with E-state index in [1.54, 1.807) is 6.92 Å². The van der Waals surface area contributed by atoms with Crippen LogP contribution >= 0.6 is 0 Å². The van der Waals surface area contributed by atoms with Crippen molar-refractivity contribution in [1.82, 2.24) is 0 Å². The molecule has 1 atom stereocenters. The van der Waals surface area contributed by atoms with Gasteiger partial charge in [0.15, 0.2) is 0 Å². The first-order valence-corrected chi connectivity index (χ1v) is 10.6. The second-order valence-corrected chi connectivity index (χ2v) is 8.82. The van der Waals surface area contributed by atoms with Gasteiger partial charge >= 0.3 is 18.3 Å². The van der Waals surface area contributed by atoms with Crippen LogP contribution in [0.2, 0.25) is 0 Å². The Balaban J connectivity index is 1.90. The maximum absolute atomic E-state index is 14.0. The number of aliphatic carboxylic acids is 1. The lowest BCUT2D eigenvalue weighted by Crippen LogP contribution is -2.33. The van der Waals surface area contributed by atoms with Crippen molar-refractivity contribution in [2.45, 2.75) is 69.4 Å². The summed E-state index contributed by atoms with van der Waals surface area (Å²) < 4.78 is 86.1. The van der Waals surface area contributed by atoms with E-state index in [9.17, 15) is 31.1 Å². The number of carboxylic acids is 1. The molecule has 3 N–H and O–H groups in total. The van der Waals surface area contributed by atoms with Gasteiger partial charge in [-0.3, -0.25) is 4.79 Å². The molecule has 0 amide bonds. The Morgan fingerprint density at radius 2 is 1.70 bits per heavy atom. The van der Waals surface area contributed by atoms with Gasteiger partial charge in [-0.1, -0.05) is 18.2 Å². The number of rotatable bonds is 6. The SMILES string of the molecule is CC(N)(CCC(=O)O)c1ccc2c(C(F)(F)F)c(O[C@H]3CC[C@@H](C(F)(F)F)CC3)ccc2c1. The lowest BCUT2D eigenvalue weighted by molar-refractivity contribution is -0.185. The standard InChI is InChI=1S/C23H25F6NO3/c1-21(30,11-10-19(31)32)15-5-8-17-13(12-15)2-9-18(20(17)23(27,28)29)33-16-6-3-14(4-7-16)22(24,25)26/h2,5,8-9,12,14,16H,3-4,6-7,10-11,30H2,1H3,(H,31,32)/t14-,16+,21?. The number of alkyl halides is 6. The normalized spacial score (nSPS) is 21.6. The van der Waals surface area contributed by atoms with Crippen molar-refractivity contribution in [2.24, 2.45) is 11.7 Å². The molecule has 3 rings (SSSR count). The van der Waals surface area contributed by atoms with Crippen molar-refractivity contribution in [1.29, 1.82) is 0 Å². The fourth-order valence-corrected chi connectivity index (χ4v) is 4.25. The molecule has 0 bridgehead atoms. The smallest absolute Gasteiger partial charge is 0.420 e. The number of carboxylic acid groups (broad SMARTS) is 1. The minimum Gasteiger partial charge on any atom is -0.490 e. The van der Waals surface area contributed by atoms with Crippen LogP contribution in [0.25, 0.3) is 10.8 Å². The first-order chi connectivity index (χ1) is 15.2. The number of fused-ring (bicyclic) bond motifs is 1. The summed E-state index contributed by atoms with van der Waals surface area (Å²) in [6, 6.07) is 6.81. The van der Waals surface area contributed by atoms with Gasteiger partial charge in [-0.25, -0.2) is 0 Å². The maximum atomic E-state index is 14.0. The lowest BCUT2D eigenvalue weighted by Gasteiger charge is -2.31. The number of hydrogen-bond donors (Lipinski definition) is 2. The Morgan fingerprint density at radius 1 is 1.06 bits per heavy atom. The first kappa shape index (κ1) is 25.1. The molecule has 0 heterocycles. The van der Waals surface area contributed by atoms with Gasteiger partial charge < -0.3 is 15.6 Å². The Labute approximate surface area is 186 Å². The predicted octanol–water partition coefficient (Wildman–Crippen LogP) is 6.40. The van der Waals surface area contributed by atoms with Gasteiger partial charge in [-0.05, 0) is 67.5 Å². The number of ether oxygens (including phenoxy) is 1. The van der Waals surface area contributed by atoms with E-state index in [-0.39, 0.29) is 49.3 Å². The molecule has 4 nitrogen and oxygen atoms in total. The van der Waals surface area contributed by atoms with Crippen LogP contribution in [0.15, 0.2) is 30.3 Å². The van der Waals surface area contributed by atoms with Crippen LogP contribution in [0.5, 0.6) is 5.75 Å². The third-order valence-corrected chi connectivity index (χ3v) is 6.21. The summed E-state index contributed by atoms with van der Waals surface area (Å²) in [5.41, 5.74) is 4.65.